The van der Waals surface area contributed by atoms with Gasteiger partial charge in [0.2, 0.25) is 0 Å². The van der Waals surface area contributed by atoms with Gasteiger partial charge in [0.1, 0.15) is 0 Å². The van der Waals surface area contributed by atoms with Gasteiger partial charge in [-0.25, -0.2) is 0 Å². The average molecular weight is 252 g/mol. The summed E-state index contributed by atoms with van der Waals surface area (Å²) in [6.45, 7) is 6.88. The Labute approximate surface area is 113 Å². The molecule has 2 atom stereocenters. The third-order valence-electron chi connectivity index (χ3n) is 5.17. The van der Waals surface area contributed by atoms with Crippen LogP contribution in [-0.2, 0) is 0 Å². The van der Waals surface area contributed by atoms with Crippen LogP contribution >= 0.6 is 0 Å². The molecule has 0 bridgehead atoms. The smallest absolute Gasteiger partial charge is 0.0334 e. The number of hydrogen-bond donors (Lipinski definition) is 1. The van der Waals surface area contributed by atoms with Crippen molar-refractivity contribution in [3.05, 3.63) is 0 Å². The summed E-state index contributed by atoms with van der Waals surface area (Å²) in [6.07, 6.45) is 12.3. The summed E-state index contributed by atoms with van der Waals surface area (Å²) in [5.41, 5.74) is 6.60. The van der Waals surface area contributed by atoms with E-state index in [1.165, 1.54) is 64.3 Å². The first-order chi connectivity index (χ1) is 8.72. The first kappa shape index (κ1) is 14.3. The van der Waals surface area contributed by atoms with Gasteiger partial charge < -0.3 is 5.73 Å². The van der Waals surface area contributed by atoms with Gasteiger partial charge in [0, 0.05) is 18.1 Å². The molecule has 0 spiro atoms. The monoisotopic (exact) mass is 252 g/mol. The molecule has 2 rings (SSSR count). The fourth-order valence-corrected chi connectivity index (χ4v) is 3.69. The molecule has 18 heavy (non-hydrogen) atoms. The lowest BCUT2D eigenvalue weighted by molar-refractivity contribution is 0.0668. The van der Waals surface area contributed by atoms with Gasteiger partial charge in [0.05, 0.1) is 0 Å². The van der Waals surface area contributed by atoms with Crippen LogP contribution < -0.4 is 5.73 Å². The Hall–Kier alpha value is -0.0800. The number of nitrogens with zero attached hydrogens (tertiary/aromatic N) is 1. The maximum absolute atomic E-state index is 6.25. The number of nitrogens with two attached hydrogens (primary N) is 1. The van der Waals surface area contributed by atoms with Crippen LogP contribution in [0.15, 0.2) is 0 Å². The first-order valence-electron chi connectivity index (χ1n) is 8.18. The molecular formula is C16H32N2. The number of hydrogen-bond acceptors (Lipinski definition) is 2. The lowest BCUT2D eigenvalue weighted by Crippen LogP contribution is -2.55. The Balaban J connectivity index is 2.06. The van der Waals surface area contributed by atoms with E-state index in [2.05, 4.69) is 18.7 Å². The van der Waals surface area contributed by atoms with Gasteiger partial charge in [0.15, 0.2) is 0 Å². The van der Waals surface area contributed by atoms with E-state index in [1.54, 1.807) is 0 Å². The predicted octanol–water partition coefficient (Wildman–Crippen LogP) is 3.55. The zero-order valence-electron chi connectivity index (χ0n) is 12.5. The highest BCUT2D eigenvalue weighted by atomic mass is 15.3. The Morgan fingerprint density at radius 3 is 2.56 bits per heavy atom. The molecular weight excluding hydrogens is 220 g/mol. The van der Waals surface area contributed by atoms with Crippen LogP contribution in [0, 0.1) is 5.92 Å². The van der Waals surface area contributed by atoms with E-state index in [9.17, 15) is 0 Å². The Morgan fingerprint density at radius 2 is 1.94 bits per heavy atom. The molecule has 0 radical (unpaired) electrons. The van der Waals surface area contributed by atoms with Crippen LogP contribution in [0.5, 0.6) is 0 Å². The molecule has 0 heterocycles. The predicted molar refractivity (Wildman–Crippen MR) is 78.7 cm³/mol. The van der Waals surface area contributed by atoms with Crippen molar-refractivity contribution in [2.24, 2.45) is 11.7 Å². The molecule has 0 amide bonds. The SMILES string of the molecule is CCCCN(C1CC1)C1(CN)CCCC(C)CC1. The average Bonchev–Trinajstić information content (AvgIpc) is 3.19. The molecule has 2 aliphatic rings. The minimum atomic E-state index is 0.348. The lowest BCUT2D eigenvalue weighted by Gasteiger charge is -2.44. The van der Waals surface area contributed by atoms with Crippen LogP contribution in [-0.4, -0.2) is 29.6 Å². The molecule has 0 aromatic rings. The number of rotatable bonds is 6. The minimum absolute atomic E-state index is 0.348. The van der Waals surface area contributed by atoms with Gasteiger partial charge in [-0.15, -0.1) is 0 Å². The zero-order valence-corrected chi connectivity index (χ0v) is 12.5. The quantitative estimate of drug-likeness (QED) is 0.733. The van der Waals surface area contributed by atoms with Crippen molar-refractivity contribution in [2.75, 3.05) is 13.1 Å². The maximum Gasteiger partial charge on any atom is 0.0334 e. The van der Waals surface area contributed by atoms with Gasteiger partial charge in [-0.1, -0.05) is 33.1 Å². The molecule has 2 heteroatoms. The second-order valence-corrected chi connectivity index (χ2v) is 6.74. The molecule has 0 aromatic heterocycles. The highest BCUT2D eigenvalue weighted by Gasteiger charge is 2.43. The second-order valence-electron chi connectivity index (χ2n) is 6.74. The molecule has 2 unspecified atom stereocenters. The van der Waals surface area contributed by atoms with E-state index < -0.39 is 0 Å². The summed E-state index contributed by atoms with van der Waals surface area (Å²) in [5, 5.41) is 0. The molecule has 0 saturated heterocycles. The van der Waals surface area contributed by atoms with E-state index in [4.69, 9.17) is 5.73 Å². The van der Waals surface area contributed by atoms with Gasteiger partial charge in [-0.3, -0.25) is 4.90 Å². The zero-order chi connectivity index (χ0) is 13.0. The van der Waals surface area contributed by atoms with Crippen molar-refractivity contribution in [1.29, 1.82) is 0 Å². The van der Waals surface area contributed by atoms with Crippen molar-refractivity contribution in [3.8, 4) is 0 Å². The molecule has 2 aliphatic carbocycles. The first-order valence-corrected chi connectivity index (χ1v) is 8.18. The Kier molecular flexibility index (Phi) is 5.08. The summed E-state index contributed by atoms with van der Waals surface area (Å²) in [7, 11) is 0. The van der Waals surface area contributed by atoms with Gasteiger partial charge >= 0.3 is 0 Å². The van der Waals surface area contributed by atoms with Crippen molar-refractivity contribution >= 4 is 0 Å². The van der Waals surface area contributed by atoms with Gasteiger partial charge in [-0.05, 0) is 51.0 Å². The molecule has 106 valence electrons. The van der Waals surface area contributed by atoms with Crippen LogP contribution in [0.25, 0.3) is 0 Å². The van der Waals surface area contributed by atoms with Gasteiger partial charge in [-0.2, -0.15) is 0 Å². The molecule has 2 nitrogen and oxygen atoms in total. The lowest BCUT2D eigenvalue weighted by atomic mass is 9.87. The van der Waals surface area contributed by atoms with E-state index in [-0.39, 0.29) is 0 Å². The van der Waals surface area contributed by atoms with Crippen LogP contribution in [0.2, 0.25) is 0 Å². The normalized spacial score (nSPS) is 33.7. The third kappa shape index (κ3) is 3.27. The molecule has 0 aliphatic heterocycles. The fourth-order valence-electron chi connectivity index (χ4n) is 3.69. The summed E-state index contributed by atoms with van der Waals surface area (Å²) in [5.74, 6) is 0.908. The van der Waals surface area contributed by atoms with Gasteiger partial charge in [0.25, 0.3) is 0 Å². The summed E-state index contributed by atoms with van der Waals surface area (Å²) in [6, 6.07) is 0.869. The molecule has 2 saturated carbocycles. The number of unbranched alkanes of at least 4 members (excludes halogenated alkanes) is 1. The summed E-state index contributed by atoms with van der Waals surface area (Å²) in [4.78, 5) is 2.83. The van der Waals surface area contributed by atoms with Crippen LogP contribution in [0.3, 0.4) is 0 Å². The van der Waals surface area contributed by atoms with Crippen LogP contribution in [0.4, 0.5) is 0 Å². The summed E-state index contributed by atoms with van der Waals surface area (Å²) >= 11 is 0. The highest BCUT2D eigenvalue weighted by Crippen LogP contribution is 2.40. The summed E-state index contributed by atoms with van der Waals surface area (Å²) < 4.78 is 0. The Morgan fingerprint density at radius 1 is 1.17 bits per heavy atom. The standard InChI is InChI=1S/C16H32N2/c1-3-4-12-18(15-7-8-15)16(13-17)10-5-6-14(2)9-11-16/h14-15H,3-13,17H2,1-2H3. The second kappa shape index (κ2) is 6.38. The molecule has 2 fully saturated rings. The fraction of sp³-hybridized carbons (Fsp3) is 1.00. The highest BCUT2D eigenvalue weighted by molar-refractivity contribution is 5.00. The van der Waals surface area contributed by atoms with Crippen molar-refractivity contribution in [2.45, 2.75) is 83.2 Å². The van der Waals surface area contributed by atoms with E-state index in [0.29, 0.717) is 5.54 Å². The van der Waals surface area contributed by atoms with Crippen molar-refractivity contribution in [1.82, 2.24) is 4.90 Å². The minimum Gasteiger partial charge on any atom is -0.329 e. The third-order valence-corrected chi connectivity index (χ3v) is 5.17. The topological polar surface area (TPSA) is 29.3 Å². The Bertz CT molecular complexity index is 249. The van der Waals surface area contributed by atoms with E-state index in [0.717, 1.165) is 18.5 Å². The molecule has 2 N–H and O–H groups in total. The van der Waals surface area contributed by atoms with E-state index >= 15 is 0 Å². The van der Waals surface area contributed by atoms with Crippen molar-refractivity contribution in [3.63, 3.8) is 0 Å². The van der Waals surface area contributed by atoms with Crippen molar-refractivity contribution < 1.29 is 0 Å². The maximum atomic E-state index is 6.25. The van der Waals surface area contributed by atoms with E-state index in [1.807, 2.05) is 0 Å². The molecule has 0 aromatic carbocycles. The largest absolute Gasteiger partial charge is 0.329 e. The van der Waals surface area contributed by atoms with Crippen LogP contribution in [0.1, 0.15) is 71.6 Å².